The van der Waals surface area contributed by atoms with Gasteiger partial charge in [-0.05, 0) is 66.1 Å². The Bertz CT molecular complexity index is 1500. The molecule has 184 valence electrons. The van der Waals surface area contributed by atoms with Crippen LogP contribution in [0.25, 0.3) is 10.9 Å². The third kappa shape index (κ3) is 5.60. The zero-order chi connectivity index (χ0) is 25.7. The van der Waals surface area contributed by atoms with Crippen LogP contribution >= 0.6 is 15.9 Å². The molecule has 0 aliphatic rings. The number of methoxy groups -OCH3 is 1. The third-order valence-electron chi connectivity index (χ3n) is 5.40. The molecule has 0 saturated heterocycles. The molecule has 0 fully saturated rings. The maximum atomic E-state index is 13.2. The summed E-state index contributed by atoms with van der Waals surface area (Å²) >= 11 is 3.41. The van der Waals surface area contributed by atoms with Gasteiger partial charge in [-0.3, -0.25) is 14.9 Å². The van der Waals surface area contributed by atoms with Gasteiger partial charge in [0.15, 0.2) is 11.5 Å². The minimum absolute atomic E-state index is 0.0235. The Hall–Kier alpha value is -4.05. The molecule has 0 saturated carbocycles. The number of nitro benzene ring substituents is 1. The maximum Gasteiger partial charge on any atom is 0.282 e. The molecule has 9 nitrogen and oxygen atoms in total. The molecule has 0 atom stereocenters. The lowest BCUT2D eigenvalue weighted by Crippen LogP contribution is -2.22. The SMILES string of the molecule is CCCc1nc2ccc(Br)cc2c(=O)n1N=Cc1ccc(OCc2ccc([N+](=O)[O-])cc2)c(OC)c1. The lowest BCUT2D eigenvalue weighted by atomic mass is 10.2. The Balaban J connectivity index is 1.58. The van der Waals surface area contributed by atoms with Crippen LogP contribution in [0.2, 0.25) is 0 Å². The first-order valence-corrected chi connectivity index (χ1v) is 12.0. The Morgan fingerprint density at radius 3 is 2.58 bits per heavy atom. The lowest BCUT2D eigenvalue weighted by Gasteiger charge is -2.12. The summed E-state index contributed by atoms with van der Waals surface area (Å²) in [5.74, 6) is 1.58. The number of non-ortho nitro benzene ring substituents is 1. The number of fused-ring (bicyclic) bond motifs is 1. The summed E-state index contributed by atoms with van der Waals surface area (Å²) in [5, 5.41) is 15.7. The van der Waals surface area contributed by atoms with Crippen molar-refractivity contribution in [2.75, 3.05) is 7.11 Å². The standard InChI is InChI=1S/C26H23BrN4O5/c1-3-4-25-29-22-11-8-19(27)14-21(22)26(32)30(25)28-15-18-7-12-23(24(13-18)35-2)36-16-17-5-9-20(10-6-17)31(33)34/h5-15H,3-4,16H2,1-2H3. The topological polar surface area (TPSA) is 109 Å². The fourth-order valence-corrected chi connectivity index (χ4v) is 3.94. The molecule has 1 heterocycles. The van der Waals surface area contributed by atoms with Crippen LogP contribution in [-0.2, 0) is 13.0 Å². The Morgan fingerprint density at radius 1 is 1.11 bits per heavy atom. The first-order valence-electron chi connectivity index (χ1n) is 11.2. The number of hydrogen-bond donors (Lipinski definition) is 0. The molecule has 0 aliphatic heterocycles. The molecule has 0 amide bonds. The van der Waals surface area contributed by atoms with Gasteiger partial charge in [0, 0.05) is 23.0 Å². The van der Waals surface area contributed by atoms with E-state index in [1.807, 2.05) is 19.1 Å². The number of ether oxygens (including phenoxy) is 2. The van der Waals surface area contributed by atoms with Gasteiger partial charge in [0.1, 0.15) is 12.4 Å². The highest BCUT2D eigenvalue weighted by Gasteiger charge is 2.11. The predicted octanol–water partition coefficient (Wildman–Crippen LogP) is 5.49. The molecule has 4 rings (SSSR count). The number of aryl methyl sites for hydroxylation is 1. The lowest BCUT2D eigenvalue weighted by molar-refractivity contribution is -0.384. The summed E-state index contributed by atoms with van der Waals surface area (Å²) in [5.41, 5.74) is 1.91. The molecule has 36 heavy (non-hydrogen) atoms. The minimum Gasteiger partial charge on any atom is -0.493 e. The van der Waals surface area contributed by atoms with E-state index in [1.165, 1.54) is 23.9 Å². The van der Waals surface area contributed by atoms with Gasteiger partial charge in [-0.25, -0.2) is 4.98 Å². The first-order chi connectivity index (χ1) is 17.4. The van der Waals surface area contributed by atoms with E-state index in [0.717, 1.165) is 16.5 Å². The molecular weight excluding hydrogens is 528 g/mol. The number of halogens is 1. The van der Waals surface area contributed by atoms with Gasteiger partial charge in [0.05, 0.1) is 29.2 Å². The summed E-state index contributed by atoms with van der Waals surface area (Å²) in [6.45, 7) is 2.24. The van der Waals surface area contributed by atoms with Crippen molar-refractivity contribution < 1.29 is 14.4 Å². The van der Waals surface area contributed by atoms with Crippen LogP contribution in [0.5, 0.6) is 11.5 Å². The van der Waals surface area contributed by atoms with Crippen molar-refractivity contribution in [1.29, 1.82) is 0 Å². The minimum atomic E-state index is -0.444. The molecule has 0 N–H and O–H groups in total. The van der Waals surface area contributed by atoms with Crippen molar-refractivity contribution in [2.45, 2.75) is 26.4 Å². The van der Waals surface area contributed by atoms with Gasteiger partial charge in [-0.15, -0.1) is 0 Å². The summed E-state index contributed by atoms with van der Waals surface area (Å²) in [6.07, 6.45) is 3.00. The van der Waals surface area contributed by atoms with Crippen molar-refractivity contribution in [2.24, 2.45) is 5.10 Å². The average Bonchev–Trinajstić information content (AvgIpc) is 2.88. The summed E-state index contributed by atoms with van der Waals surface area (Å²) < 4.78 is 13.5. The summed E-state index contributed by atoms with van der Waals surface area (Å²) in [4.78, 5) is 28.2. The first kappa shape index (κ1) is 25.1. The number of aromatic nitrogens is 2. The van der Waals surface area contributed by atoms with Gasteiger partial charge >= 0.3 is 0 Å². The predicted molar refractivity (Wildman–Crippen MR) is 141 cm³/mol. The summed E-state index contributed by atoms with van der Waals surface area (Å²) in [7, 11) is 1.53. The number of benzene rings is 3. The van der Waals surface area contributed by atoms with Crippen molar-refractivity contribution >= 4 is 38.7 Å². The van der Waals surface area contributed by atoms with Crippen LogP contribution in [0, 0.1) is 10.1 Å². The van der Waals surface area contributed by atoms with E-state index in [4.69, 9.17) is 9.47 Å². The number of rotatable bonds is 9. The highest BCUT2D eigenvalue weighted by atomic mass is 79.9. The molecule has 0 aliphatic carbocycles. The Labute approximate surface area is 215 Å². The molecule has 0 unspecified atom stereocenters. The largest absolute Gasteiger partial charge is 0.493 e. The van der Waals surface area contributed by atoms with E-state index in [2.05, 4.69) is 26.0 Å². The highest BCUT2D eigenvalue weighted by Crippen LogP contribution is 2.28. The summed E-state index contributed by atoms with van der Waals surface area (Å²) in [6, 6.07) is 16.9. The fraction of sp³-hybridized carbons (Fsp3) is 0.192. The highest BCUT2D eigenvalue weighted by molar-refractivity contribution is 9.10. The number of nitro groups is 1. The molecular formula is C26H23BrN4O5. The number of nitrogens with zero attached hydrogens (tertiary/aromatic N) is 4. The van der Waals surface area contributed by atoms with Crippen LogP contribution < -0.4 is 15.0 Å². The van der Waals surface area contributed by atoms with Gasteiger partial charge in [0.2, 0.25) is 0 Å². The zero-order valence-electron chi connectivity index (χ0n) is 19.7. The van der Waals surface area contributed by atoms with E-state index in [0.29, 0.717) is 40.2 Å². The van der Waals surface area contributed by atoms with E-state index >= 15 is 0 Å². The van der Waals surface area contributed by atoms with Gasteiger partial charge in [-0.1, -0.05) is 22.9 Å². The Morgan fingerprint density at radius 2 is 1.89 bits per heavy atom. The zero-order valence-corrected chi connectivity index (χ0v) is 21.3. The molecule has 3 aromatic carbocycles. The average molecular weight is 551 g/mol. The van der Waals surface area contributed by atoms with Gasteiger partial charge in [-0.2, -0.15) is 9.78 Å². The quantitative estimate of drug-likeness (QED) is 0.155. The molecule has 0 radical (unpaired) electrons. The smallest absolute Gasteiger partial charge is 0.282 e. The number of hydrogen-bond acceptors (Lipinski definition) is 7. The monoisotopic (exact) mass is 550 g/mol. The molecule has 1 aromatic heterocycles. The van der Waals surface area contributed by atoms with Crippen LogP contribution in [0.1, 0.15) is 30.3 Å². The van der Waals surface area contributed by atoms with E-state index < -0.39 is 4.92 Å². The maximum absolute atomic E-state index is 13.2. The van der Waals surface area contributed by atoms with E-state index in [-0.39, 0.29) is 17.9 Å². The molecule has 0 bridgehead atoms. The van der Waals surface area contributed by atoms with Crippen LogP contribution in [0.3, 0.4) is 0 Å². The van der Waals surface area contributed by atoms with Crippen LogP contribution in [-0.4, -0.2) is 27.9 Å². The molecule has 0 spiro atoms. The Kier molecular flexibility index (Phi) is 7.74. The third-order valence-corrected chi connectivity index (χ3v) is 5.89. The van der Waals surface area contributed by atoms with Crippen molar-refractivity contribution in [3.63, 3.8) is 0 Å². The second-order valence-electron chi connectivity index (χ2n) is 7.92. The van der Waals surface area contributed by atoms with E-state index in [1.54, 1.807) is 42.6 Å². The van der Waals surface area contributed by atoms with Crippen molar-refractivity contribution in [3.8, 4) is 11.5 Å². The van der Waals surface area contributed by atoms with E-state index in [9.17, 15) is 14.9 Å². The second kappa shape index (κ2) is 11.1. The normalized spacial score (nSPS) is 11.2. The molecule has 4 aromatic rings. The fourth-order valence-electron chi connectivity index (χ4n) is 3.58. The van der Waals surface area contributed by atoms with Gasteiger partial charge in [0.25, 0.3) is 11.2 Å². The van der Waals surface area contributed by atoms with Gasteiger partial charge < -0.3 is 9.47 Å². The van der Waals surface area contributed by atoms with Crippen LogP contribution in [0.4, 0.5) is 5.69 Å². The molecule has 10 heteroatoms. The van der Waals surface area contributed by atoms with Crippen LogP contribution in [0.15, 0.2) is 75.0 Å². The van der Waals surface area contributed by atoms with Crippen molar-refractivity contribution in [3.05, 3.63) is 103 Å². The van der Waals surface area contributed by atoms with Crippen molar-refractivity contribution in [1.82, 2.24) is 9.66 Å². The second-order valence-corrected chi connectivity index (χ2v) is 8.84.